The monoisotopic (exact) mass is 236 g/mol. The van der Waals surface area contributed by atoms with E-state index in [9.17, 15) is 5.11 Å². The molecule has 1 N–H and O–H groups in total. The fraction of sp³-hybridized carbons (Fsp3) is 0.571. The average molecular weight is 236 g/mol. The topological polar surface area (TPSA) is 20.2 Å². The summed E-state index contributed by atoms with van der Waals surface area (Å²) in [6.45, 7) is 2.16. The molecule has 1 fully saturated rings. The Bertz CT molecular complexity index is 317. The summed E-state index contributed by atoms with van der Waals surface area (Å²) < 4.78 is 0. The molecule has 1 aliphatic carbocycles. The van der Waals surface area contributed by atoms with Gasteiger partial charge in [-0.25, -0.2) is 0 Å². The van der Waals surface area contributed by atoms with E-state index in [1.807, 2.05) is 6.07 Å². The number of aliphatic hydroxyl groups is 1. The molecule has 2 rings (SSSR count). The molecule has 0 amide bonds. The molecule has 1 saturated carbocycles. The Labute approximate surface area is 102 Å². The standard InChI is InChI=1S/C14H20OS/c1-12(14(15)10-6-3-7-11-14)16-13-8-4-2-5-9-13/h2,4-5,8-9,12,15H,3,6-7,10-11H2,1H3. The Morgan fingerprint density at radius 3 is 2.38 bits per heavy atom. The maximum atomic E-state index is 10.6. The fourth-order valence-corrected chi connectivity index (χ4v) is 3.56. The zero-order chi connectivity index (χ0) is 11.4. The van der Waals surface area contributed by atoms with E-state index in [0.29, 0.717) is 0 Å². The van der Waals surface area contributed by atoms with Crippen molar-refractivity contribution in [2.75, 3.05) is 0 Å². The molecule has 1 aromatic rings. The third kappa shape index (κ3) is 2.80. The number of hydrogen-bond acceptors (Lipinski definition) is 2. The van der Waals surface area contributed by atoms with Crippen molar-refractivity contribution in [3.8, 4) is 0 Å². The second kappa shape index (κ2) is 5.24. The molecule has 16 heavy (non-hydrogen) atoms. The van der Waals surface area contributed by atoms with Crippen LogP contribution in [0, 0.1) is 0 Å². The van der Waals surface area contributed by atoms with Gasteiger partial charge in [0.05, 0.1) is 5.60 Å². The highest BCUT2D eigenvalue weighted by Gasteiger charge is 2.35. The smallest absolute Gasteiger partial charge is 0.0766 e. The second-order valence-electron chi connectivity index (χ2n) is 4.74. The van der Waals surface area contributed by atoms with Crippen molar-refractivity contribution >= 4 is 11.8 Å². The summed E-state index contributed by atoms with van der Waals surface area (Å²) in [5.74, 6) is 0. The highest BCUT2D eigenvalue weighted by Crippen LogP contribution is 2.38. The van der Waals surface area contributed by atoms with Crippen molar-refractivity contribution in [1.82, 2.24) is 0 Å². The Kier molecular flexibility index (Phi) is 3.93. The van der Waals surface area contributed by atoms with Crippen molar-refractivity contribution in [3.05, 3.63) is 30.3 Å². The minimum Gasteiger partial charge on any atom is -0.389 e. The average Bonchev–Trinajstić information content (AvgIpc) is 2.31. The van der Waals surface area contributed by atoms with Crippen molar-refractivity contribution in [2.24, 2.45) is 0 Å². The lowest BCUT2D eigenvalue weighted by Crippen LogP contribution is -2.40. The minimum absolute atomic E-state index is 0.287. The van der Waals surface area contributed by atoms with Crippen LogP contribution in [0.3, 0.4) is 0 Å². The van der Waals surface area contributed by atoms with Crippen molar-refractivity contribution in [1.29, 1.82) is 0 Å². The largest absolute Gasteiger partial charge is 0.389 e. The molecule has 0 saturated heterocycles. The van der Waals surface area contributed by atoms with Crippen LogP contribution in [-0.4, -0.2) is 16.0 Å². The Morgan fingerprint density at radius 2 is 1.75 bits per heavy atom. The van der Waals surface area contributed by atoms with Gasteiger partial charge in [-0.1, -0.05) is 44.4 Å². The molecule has 88 valence electrons. The molecular formula is C14H20OS. The summed E-state index contributed by atoms with van der Waals surface area (Å²) >= 11 is 1.80. The number of benzene rings is 1. The molecule has 1 atom stereocenters. The van der Waals surface area contributed by atoms with E-state index >= 15 is 0 Å². The van der Waals surface area contributed by atoms with Gasteiger partial charge in [0.1, 0.15) is 0 Å². The molecule has 1 aliphatic rings. The van der Waals surface area contributed by atoms with E-state index in [4.69, 9.17) is 0 Å². The van der Waals surface area contributed by atoms with Gasteiger partial charge >= 0.3 is 0 Å². The Balaban J connectivity index is 1.99. The third-order valence-electron chi connectivity index (χ3n) is 3.53. The van der Waals surface area contributed by atoms with Gasteiger partial charge in [-0.15, -0.1) is 11.8 Å². The third-order valence-corrected chi connectivity index (χ3v) is 4.87. The molecule has 2 heteroatoms. The van der Waals surface area contributed by atoms with Crippen molar-refractivity contribution < 1.29 is 5.11 Å². The molecule has 1 aromatic carbocycles. The molecule has 0 spiro atoms. The van der Waals surface area contributed by atoms with Crippen LogP contribution in [0.2, 0.25) is 0 Å². The predicted molar refractivity (Wildman–Crippen MR) is 69.8 cm³/mol. The Hall–Kier alpha value is -0.470. The minimum atomic E-state index is -0.446. The molecule has 0 radical (unpaired) electrons. The summed E-state index contributed by atoms with van der Waals surface area (Å²) in [5, 5.41) is 10.9. The van der Waals surface area contributed by atoms with Gasteiger partial charge in [-0.3, -0.25) is 0 Å². The number of thioether (sulfide) groups is 1. The van der Waals surface area contributed by atoms with E-state index in [2.05, 4.69) is 31.2 Å². The molecule has 0 aromatic heterocycles. The van der Waals surface area contributed by atoms with E-state index in [-0.39, 0.29) is 5.25 Å². The van der Waals surface area contributed by atoms with E-state index in [1.165, 1.54) is 24.2 Å². The van der Waals surface area contributed by atoms with Gasteiger partial charge in [-0.2, -0.15) is 0 Å². The summed E-state index contributed by atoms with van der Waals surface area (Å²) in [6, 6.07) is 10.4. The normalized spacial score (nSPS) is 21.6. The molecule has 0 aliphatic heterocycles. The van der Waals surface area contributed by atoms with Gasteiger partial charge in [0.15, 0.2) is 0 Å². The predicted octanol–water partition coefficient (Wildman–Crippen LogP) is 3.86. The van der Waals surface area contributed by atoms with Gasteiger partial charge in [0.25, 0.3) is 0 Å². The zero-order valence-corrected chi connectivity index (χ0v) is 10.7. The van der Waals surface area contributed by atoms with Crippen LogP contribution in [0.15, 0.2) is 35.2 Å². The number of rotatable bonds is 3. The molecule has 0 bridgehead atoms. The first-order valence-electron chi connectivity index (χ1n) is 6.15. The first-order valence-corrected chi connectivity index (χ1v) is 7.03. The highest BCUT2D eigenvalue weighted by molar-refractivity contribution is 8.00. The van der Waals surface area contributed by atoms with E-state index < -0.39 is 5.60 Å². The van der Waals surface area contributed by atoms with E-state index in [0.717, 1.165) is 12.8 Å². The second-order valence-corrected chi connectivity index (χ2v) is 6.15. The fourth-order valence-electron chi connectivity index (χ4n) is 2.38. The highest BCUT2D eigenvalue weighted by atomic mass is 32.2. The summed E-state index contributed by atoms with van der Waals surface area (Å²) in [7, 11) is 0. The zero-order valence-electron chi connectivity index (χ0n) is 9.86. The number of hydrogen-bond donors (Lipinski definition) is 1. The van der Waals surface area contributed by atoms with Crippen LogP contribution in [0.4, 0.5) is 0 Å². The first-order chi connectivity index (χ1) is 7.71. The van der Waals surface area contributed by atoms with Crippen LogP contribution < -0.4 is 0 Å². The van der Waals surface area contributed by atoms with Crippen molar-refractivity contribution in [2.45, 2.75) is 54.8 Å². The van der Waals surface area contributed by atoms with Gasteiger partial charge in [0, 0.05) is 10.1 Å². The Morgan fingerprint density at radius 1 is 1.12 bits per heavy atom. The van der Waals surface area contributed by atoms with Crippen LogP contribution >= 0.6 is 11.8 Å². The maximum absolute atomic E-state index is 10.6. The lowest BCUT2D eigenvalue weighted by molar-refractivity contribution is 0.00607. The van der Waals surface area contributed by atoms with Gasteiger partial charge in [-0.05, 0) is 25.0 Å². The van der Waals surface area contributed by atoms with E-state index in [1.54, 1.807) is 11.8 Å². The molecule has 1 unspecified atom stereocenters. The summed E-state index contributed by atoms with van der Waals surface area (Å²) in [4.78, 5) is 1.26. The first kappa shape index (κ1) is 12.0. The van der Waals surface area contributed by atoms with Crippen LogP contribution in [0.1, 0.15) is 39.0 Å². The molecule has 1 nitrogen and oxygen atoms in total. The molecular weight excluding hydrogens is 216 g/mol. The van der Waals surface area contributed by atoms with Gasteiger partial charge < -0.3 is 5.11 Å². The quantitative estimate of drug-likeness (QED) is 0.804. The van der Waals surface area contributed by atoms with Crippen LogP contribution in [-0.2, 0) is 0 Å². The van der Waals surface area contributed by atoms with Crippen LogP contribution in [0.25, 0.3) is 0 Å². The maximum Gasteiger partial charge on any atom is 0.0766 e. The SMILES string of the molecule is CC(Sc1ccccc1)C1(O)CCCCC1. The lowest BCUT2D eigenvalue weighted by Gasteiger charge is -2.37. The summed E-state index contributed by atoms with van der Waals surface area (Å²) in [5.41, 5.74) is -0.446. The molecule has 0 heterocycles. The summed E-state index contributed by atoms with van der Waals surface area (Å²) in [6.07, 6.45) is 5.57. The van der Waals surface area contributed by atoms with Gasteiger partial charge in [0.2, 0.25) is 0 Å². The lowest BCUT2D eigenvalue weighted by atomic mass is 9.83. The van der Waals surface area contributed by atoms with Crippen LogP contribution in [0.5, 0.6) is 0 Å². The van der Waals surface area contributed by atoms with Crippen molar-refractivity contribution in [3.63, 3.8) is 0 Å².